The van der Waals surface area contributed by atoms with E-state index in [0.717, 1.165) is 20.8 Å². The minimum absolute atomic E-state index is 0.0976. The normalized spacial score (nSPS) is 10.9. The Labute approximate surface area is 154 Å². The van der Waals surface area contributed by atoms with Gasteiger partial charge in [-0.3, -0.25) is 4.79 Å². The molecule has 0 aliphatic heterocycles. The quantitative estimate of drug-likeness (QED) is 0.497. The van der Waals surface area contributed by atoms with Crippen LogP contribution in [0.3, 0.4) is 0 Å². The largest absolute Gasteiger partial charge is 0.483 e. The van der Waals surface area contributed by atoms with Gasteiger partial charge < -0.3 is 4.74 Å². The lowest BCUT2D eigenvalue weighted by Gasteiger charge is -2.09. The maximum Gasteiger partial charge on any atom is 0.277 e. The summed E-state index contributed by atoms with van der Waals surface area (Å²) in [6, 6.07) is 21.7. The molecule has 0 aliphatic rings. The summed E-state index contributed by atoms with van der Waals surface area (Å²) >= 11 is 3.54. The van der Waals surface area contributed by atoms with Crippen LogP contribution in [0.2, 0.25) is 0 Å². The van der Waals surface area contributed by atoms with Crippen LogP contribution in [0.25, 0.3) is 10.8 Å². The molecule has 1 N–H and O–H groups in total. The maximum absolute atomic E-state index is 11.8. The van der Waals surface area contributed by atoms with E-state index in [1.165, 1.54) is 0 Å². The van der Waals surface area contributed by atoms with E-state index in [9.17, 15) is 4.79 Å². The van der Waals surface area contributed by atoms with Gasteiger partial charge in [0.1, 0.15) is 5.75 Å². The van der Waals surface area contributed by atoms with Crippen molar-refractivity contribution >= 4 is 38.8 Å². The molecule has 0 spiro atoms. The molecular formula is C20H17BrN2O2. The Kier molecular flexibility index (Phi) is 5.80. The first-order valence-corrected chi connectivity index (χ1v) is 8.67. The van der Waals surface area contributed by atoms with E-state index in [4.69, 9.17) is 4.74 Å². The van der Waals surface area contributed by atoms with Gasteiger partial charge in [0, 0.05) is 12.6 Å². The number of nitrogens with zero attached hydrogens (tertiary/aromatic N) is 1. The van der Waals surface area contributed by atoms with Crippen molar-refractivity contribution in [1.82, 2.24) is 5.43 Å². The highest BCUT2D eigenvalue weighted by molar-refractivity contribution is 9.10. The van der Waals surface area contributed by atoms with Crippen molar-refractivity contribution in [3.8, 4) is 5.75 Å². The first-order chi connectivity index (χ1) is 12.2. The van der Waals surface area contributed by atoms with Crippen LogP contribution in [-0.2, 0) is 11.2 Å². The van der Waals surface area contributed by atoms with Crippen molar-refractivity contribution in [2.24, 2.45) is 5.10 Å². The summed E-state index contributed by atoms with van der Waals surface area (Å²) in [5.41, 5.74) is 3.61. The van der Waals surface area contributed by atoms with Gasteiger partial charge in [-0.25, -0.2) is 5.43 Å². The fourth-order valence-electron chi connectivity index (χ4n) is 2.38. The third kappa shape index (κ3) is 4.67. The lowest BCUT2D eigenvalue weighted by molar-refractivity contribution is -0.123. The molecule has 0 radical (unpaired) electrons. The lowest BCUT2D eigenvalue weighted by Crippen LogP contribution is -2.24. The van der Waals surface area contributed by atoms with Gasteiger partial charge in [0.2, 0.25) is 0 Å². The number of hydrazone groups is 1. The van der Waals surface area contributed by atoms with Gasteiger partial charge in [0.25, 0.3) is 5.91 Å². The number of amides is 1. The van der Waals surface area contributed by atoms with E-state index in [2.05, 4.69) is 26.5 Å². The summed E-state index contributed by atoms with van der Waals surface area (Å²) in [6.45, 7) is -0.0976. The van der Waals surface area contributed by atoms with Crippen LogP contribution in [0, 0.1) is 0 Å². The Morgan fingerprint density at radius 2 is 1.80 bits per heavy atom. The third-order valence-electron chi connectivity index (χ3n) is 3.64. The van der Waals surface area contributed by atoms with Crippen molar-refractivity contribution in [2.75, 3.05) is 6.61 Å². The van der Waals surface area contributed by atoms with E-state index in [-0.39, 0.29) is 12.5 Å². The molecule has 5 heteroatoms. The minimum Gasteiger partial charge on any atom is -0.483 e. The molecule has 4 nitrogen and oxygen atoms in total. The number of benzene rings is 3. The highest BCUT2D eigenvalue weighted by Crippen LogP contribution is 2.32. The molecule has 3 aromatic rings. The second-order valence-electron chi connectivity index (χ2n) is 5.42. The number of nitrogens with one attached hydrogen (secondary N) is 1. The van der Waals surface area contributed by atoms with E-state index < -0.39 is 0 Å². The fraction of sp³-hybridized carbons (Fsp3) is 0.100. The van der Waals surface area contributed by atoms with Crippen LogP contribution in [0.4, 0.5) is 0 Å². The van der Waals surface area contributed by atoms with Crippen LogP contribution in [-0.4, -0.2) is 18.7 Å². The number of hydrogen-bond donors (Lipinski definition) is 1. The first kappa shape index (κ1) is 17.2. The van der Waals surface area contributed by atoms with Gasteiger partial charge in [-0.2, -0.15) is 5.10 Å². The maximum atomic E-state index is 11.8. The number of ether oxygens (including phenoxy) is 1. The Morgan fingerprint density at radius 3 is 2.64 bits per heavy atom. The molecule has 25 heavy (non-hydrogen) atoms. The number of rotatable bonds is 6. The van der Waals surface area contributed by atoms with Crippen LogP contribution >= 0.6 is 15.9 Å². The smallest absolute Gasteiger partial charge is 0.277 e. The molecule has 0 saturated carbocycles. The summed E-state index contributed by atoms with van der Waals surface area (Å²) < 4.78 is 6.43. The summed E-state index contributed by atoms with van der Waals surface area (Å²) in [4.78, 5) is 11.8. The van der Waals surface area contributed by atoms with Crippen LogP contribution in [0.15, 0.2) is 76.3 Å². The van der Waals surface area contributed by atoms with Gasteiger partial charge >= 0.3 is 0 Å². The summed E-state index contributed by atoms with van der Waals surface area (Å²) in [5, 5.41) is 6.09. The molecule has 1 amide bonds. The van der Waals surface area contributed by atoms with Crippen molar-refractivity contribution < 1.29 is 9.53 Å². The average Bonchev–Trinajstić information content (AvgIpc) is 2.66. The highest BCUT2D eigenvalue weighted by atomic mass is 79.9. The Balaban J connectivity index is 1.51. The van der Waals surface area contributed by atoms with Gasteiger partial charge in [-0.1, -0.05) is 60.7 Å². The molecule has 0 fully saturated rings. The summed E-state index contributed by atoms with van der Waals surface area (Å²) in [6.07, 6.45) is 2.33. The zero-order valence-electron chi connectivity index (χ0n) is 13.5. The number of fused-ring (bicyclic) bond motifs is 1. The standard InChI is InChI=1S/C20H17BrN2O2/c21-20-17-9-5-4-8-16(17)10-11-18(20)25-14-19(24)23-22-13-12-15-6-2-1-3-7-15/h1-11,13H,12,14H2,(H,23,24)/b22-13+. The summed E-state index contributed by atoms with van der Waals surface area (Å²) in [7, 11) is 0. The van der Waals surface area contributed by atoms with Crippen LogP contribution in [0.1, 0.15) is 5.56 Å². The van der Waals surface area contributed by atoms with E-state index in [1.807, 2.05) is 66.7 Å². The van der Waals surface area contributed by atoms with Gasteiger partial charge in [0.05, 0.1) is 4.47 Å². The lowest BCUT2D eigenvalue weighted by atomic mass is 10.1. The molecule has 0 unspecified atom stereocenters. The minimum atomic E-state index is -0.302. The van der Waals surface area contributed by atoms with Gasteiger partial charge in [-0.05, 0) is 38.3 Å². The van der Waals surface area contributed by atoms with Crippen molar-refractivity contribution in [3.63, 3.8) is 0 Å². The second kappa shape index (κ2) is 8.44. The third-order valence-corrected chi connectivity index (χ3v) is 4.45. The Bertz CT molecular complexity index is 895. The molecule has 0 aliphatic carbocycles. The van der Waals surface area contributed by atoms with Crippen LogP contribution in [0.5, 0.6) is 5.75 Å². The molecule has 0 aromatic heterocycles. The zero-order valence-corrected chi connectivity index (χ0v) is 15.1. The number of carbonyl (C=O) groups excluding carboxylic acids is 1. The van der Waals surface area contributed by atoms with E-state index >= 15 is 0 Å². The topological polar surface area (TPSA) is 50.7 Å². The predicted molar refractivity (Wildman–Crippen MR) is 104 cm³/mol. The highest BCUT2D eigenvalue weighted by Gasteiger charge is 2.08. The van der Waals surface area contributed by atoms with Crippen molar-refractivity contribution in [3.05, 3.63) is 76.8 Å². The monoisotopic (exact) mass is 396 g/mol. The predicted octanol–water partition coefficient (Wildman–Crippen LogP) is 4.33. The fourth-order valence-corrected chi connectivity index (χ4v) is 2.99. The Hall–Kier alpha value is -2.66. The molecule has 3 rings (SSSR count). The van der Waals surface area contributed by atoms with Crippen molar-refractivity contribution in [1.29, 1.82) is 0 Å². The van der Waals surface area contributed by atoms with Crippen molar-refractivity contribution in [2.45, 2.75) is 6.42 Å². The number of carbonyl (C=O) groups is 1. The SMILES string of the molecule is O=C(COc1ccc2ccccc2c1Br)N/N=C/Cc1ccccc1. The first-order valence-electron chi connectivity index (χ1n) is 7.88. The summed E-state index contributed by atoms with van der Waals surface area (Å²) in [5.74, 6) is 0.325. The molecule has 3 aromatic carbocycles. The molecule has 126 valence electrons. The van der Waals surface area contributed by atoms with Gasteiger partial charge in [0.15, 0.2) is 6.61 Å². The number of halogens is 1. The van der Waals surface area contributed by atoms with E-state index in [0.29, 0.717) is 12.2 Å². The second-order valence-corrected chi connectivity index (χ2v) is 6.22. The van der Waals surface area contributed by atoms with E-state index in [1.54, 1.807) is 6.21 Å². The van der Waals surface area contributed by atoms with Gasteiger partial charge in [-0.15, -0.1) is 0 Å². The zero-order chi connectivity index (χ0) is 17.5. The molecule has 0 saturated heterocycles. The molecule has 0 bridgehead atoms. The van der Waals surface area contributed by atoms with Crippen LogP contribution < -0.4 is 10.2 Å². The Morgan fingerprint density at radius 1 is 1.04 bits per heavy atom. The average molecular weight is 397 g/mol. The molecular weight excluding hydrogens is 380 g/mol. The number of hydrogen-bond acceptors (Lipinski definition) is 3. The molecule has 0 atom stereocenters. The molecule has 0 heterocycles.